The molecule has 0 aliphatic carbocycles. The molecule has 0 bridgehead atoms. The molecule has 21 heavy (non-hydrogen) atoms. The number of carboxylic acids is 1. The lowest BCUT2D eigenvalue weighted by atomic mass is 9.92. The molecule has 0 radical (unpaired) electrons. The molecule has 0 amide bonds. The van der Waals surface area contributed by atoms with Crippen LogP contribution < -0.4 is 5.56 Å². The van der Waals surface area contributed by atoms with Gasteiger partial charge in [0.2, 0.25) is 0 Å². The van der Waals surface area contributed by atoms with E-state index in [2.05, 4.69) is 9.97 Å². The van der Waals surface area contributed by atoms with Crippen molar-refractivity contribution in [2.24, 2.45) is 0 Å². The monoisotopic (exact) mass is 291 g/mol. The van der Waals surface area contributed by atoms with Gasteiger partial charge in [0.25, 0.3) is 11.2 Å². The number of fused-ring (bicyclic) bond motifs is 1. The minimum absolute atomic E-state index is 0.0635. The summed E-state index contributed by atoms with van der Waals surface area (Å²) in [7, 11) is 0. The fourth-order valence-electron chi connectivity index (χ4n) is 2.26. The van der Waals surface area contributed by atoms with Gasteiger partial charge in [-0.1, -0.05) is 13.3 Å². The van der Waals surface area contributed by atoms with Crippen LogP contribution in [0.1, 0.15) is 31.2 Å². The van der Waals surface area contributed by atoms with E-state index in [1.54, 1.807) is 6.92 Å². The van der Waals surface area contributed by atoms with Crippen molar-refractivity contribution in [3.05, 3.63) is 44.5 Å². The molecular weight excluding hydrogens is 278 g/mol. The maximum Gasteiger partial charge on any atom is 0.311 e. The zero-order valence-corrected chi connectivity index (χ0v) is 11.2. The molecule has 0 saturated carbocycles. The number of hydrogen-bond acceptors (Lipinski definition) is 5. The van der Waals surface area contributed by atoms with Gasteiger partial charge < -0.3 is 10.1 Å². The summed E-state index contributed by atoms with van der Waals surface area (Å²) < 4.78 is 0. The second-order valence-corrected chi connectivity index (χ2v) is 4.60. The minimum atomic E-state index is -1.14. The first-order valence-electron chi connectivity index (χ1n) is 6.34. The fraction of sp³-hybridized carbons (Fsp3) is 0.308. The van der Waals surface area contributed by atoms with Crippen molar-refractivity contribution in [2.75, 3.05) is 0 Å². The van der Waals surface area contributed by atoms with Gasteiger partial charge in [-0.05, 0) is 12.5 Å². The SMILES string of the molecule is CCCC(C(=O)O)c1cc2nc[nH]c(=O)c2cc1[N+](=O)[O-]. The van der Waals surface area contributed by atoms with Crippen molar-refractivity contribution < 1.29 is 14.8 Å². The third-order valence-electron chi connectivity index (χ3n) is 3.24. The van der Waals surface area contributed by atoms with Gasteiger partial charge in [-0.2, -0.15) is 0 Å². The molecule has 2 N–H and O–H groups in total. The highest BCUT2D eigenvalue weighted by molar-refractivity contribution is 5.85. The molecule has 0 fully saturated rings. The van der Waals surface area contributed by atoms with E-state index in [-0.39, 0.29) is 28.6 Å². The van der Waals surface area contributed by atoms with Gasteiger partial charge in [0, 0.05) is 11.6 Å². The van der Waals surface area contributed by atoms with Crippen LogP contribution in [0.15, 0.2) is 23.3 Å². The number of aromatic amines is 1. The summed E-state index contributed by atoms with van der Waals surface area (Å²) in [5.74, 6) is -2.13. The van der Waals surface area contributed by atoms with Crippen molar-refractivity contribution >= 4 is 22.6 Å². The predicted molar refractivity (Wildman–Crippen MR) is 74.3 cm³/mol. The van der Waals surface area contributed by atoms with E-state index in [4.69, 9.17) is 0 Å². The van der Waals surface area contributed by atoms with E-state index in [9.17, 15) is 24.8 Å². The molecule has 0 aliphatic heterocycles. The number of nitro benzene ring substituents is 1. The van der Waals surface area contributed by atoms with Crippen LogP contribution in [-0.4, -0.2) is 26.0 Å². The first kappa shape index (κ1) is 14.6. The molecule has 8 heteroatoms. The summed E-state index contributed by atoms with van der Waals surface area (Å²) in [5.41, 5.74) is -0.569. The lowest BCUT2D eigenvalue weighted by molar-refractivity contribution is -0.385. The van der Waals surface area contributed by atoms with Crippen LogP contribution >= 0.6 is 0 Å². The van der Waals surface area contributed by atoms with Crippen molar-refractivity contribution in [1.29, 1.82) is 0 Å². The number of carboxylic acid groups (broad SMARTS) is 1. The van der Waals surface area contributed by atoms with Crippen LogP contribution in [0.5, 0.6) is 0 Å². The van der Waals surface area contributed by atoms with E-state index in [1.807, 2.05) is 0 Å². The fourth-order valence-corrected chi connectivity index (χ4v) is 2.26. The molecule has 0 aliphatic rings. The number of H-pyrrole nitrogens is 1. The summed E-state index contributed by atoms with van der Waals surface area (Å²) in [6.07, 6.45) is 2.01. The summed E-state index contributed by atoms with van der Waals surface area (Å²) >= 11 is 0. The number of benzene rings is 1. The first-order valence-corrected chi connectivity index (χ1v) is 6.34. The minimum Gasteiger partial charge on any atom is -0.481 e. The second kappa shape index (κ2) is 5.70. The van der Waals surface area contributed by atoms with Crippen LogP contribution in [0.25, 0.3) is 10.9 Å². The van der Waals surface area contributed by atoms with Gasteiger partial charge in [-0.15, -0.1) is 0 Å². The molecule has 110 valence electrons. The molecule has 1 atom stereocenters. The lowest BCUT2D eigenvalue weighted by Crippen LogP contribution is -2.15. The van der Waals surface area contributed by atoms with Crippen molar-refractivity contribution in [1.82, 2.24) is 9.97 Å². The number of hydrogen-bond donors (Lipinski definition) is 2. The van der Waals surface area contributed by atoms with Gasteiger partial charge in [-0.3, -0.25) is 19.7 Å². The highest BCUT2D eigenvalue weighted by Gasteiger charge is 2.28. The van der Waals surface area contributed by atoms with Crippen LogP contribution in [0, 0.1) is 10.1 Å². The number of nitrogens with one attached hydrogen (secondary N) is 1. The van der Waals surface area contributed by atoms with Crippen molar-refractivity contribution in [3.63, 3.8) is 0 Å². The smallest absolute Gasteiger partial charge is 0.311 e. The first-order chi connectivity index (χ1) is 9.95. The number of rotatable bonds is 5. The average Bonchev–Trinajstić information content (AvgIpc) is 2.43. The largest absolute Gasteiger partial charge is 0.481 e. The number of nitrogens with zero attached hydrogens (tertiary/aromatic N) is 2. The van der Waals surface area contributed by atoms with Gasteiger partial charge in [0.1, 0.15) is 0 Å². The molecule has 1 aromatic heterocycles. The van der Waals surface area contributed by atoms with E-state index < -0.39 is 22.4 Å². The second-order valence-electron chi connectivity index (χ2n) is 4.60. The van der Waals surface area contributed by atoms with Crippen molar-refractivity contribution in [3.8, 4) is 0 Å². The van der Waals surface area contributed by atoms with Crippen LogP contribution in [-0.2, 0) is 4.79 Å². The Morgan fingerprint density at radius 1 is 1.52 bits per heavy atom. The summed E-state index contributed by atoms with van der Waals surface area (Å²) in [4.78, 5) is 39.8. The van der Waals surface area contributed by atoms with Crippen LogP contribution in [0.2, 0.25) is 0 Å². The summed E-state index contributed by atoms with van der Waals surface area (Å²) in [6, 6.07) is 2.40. The molecular formula is C13H13N3O5. The number of aromatic nitrogens is 2. The topological polar surface area (TPSA) is 126 Å². The zero-order valence-electron chi connectivity index (χ0n) is 11.2. The van der Waals surface area contributed by atoms with E-state index in [1.165, 1.54) is 12.4 Å². The Morgan fingerprint density at radius 3 is 2.81 bits per heavy atom. The highest BCUT2D eigenvalue weighted by Crippen LogP contribution is 2.32. The summed E-state index contributed by atoms with van der Waals surface area (Å²) in [5, 5.41) is 20.5. The van der Waals surface area contributed by atoms with Crippen LogP contribution in [0.3, 0.4) is 0 Å². The molecule has 1 unspecified atom stereocenters. The molecule has 8 nitrogen and oxygen atoms in total. The Kier molecular flexibility index (Phi) is 3.97. The molecule has 0 spiro atoms. The zero-order chi connectivity index (χ0) is 15.6. The van der Waals surface area contributed by atoms with Gasteiger partial charge in [0.15, 0.2) is 0 Å². The van der Waals surface area contributed by atoms with Crippen molar-refractivity contribution in [2.45, 2.75) is 25.7 Å². The van der Waals surface area contributed by atoms with Gasteiger partial charge in [0.05, 0.1) is 28.1 Å². The van der Waals surface area contributed by atoms with Crippen LogP contribution in [0.4, 0.5) is 5.69 Å². The summed E-state index contributed by atoms with van der Waals surface area (Å²) in [6.45, 7) is 1.80. The maximum absolute atomic E-state index is 11.7. The Balaban J connectivity index is 2.77. The lowest BCUT2D eigenvalue weighted by Gasteiger charge is -2.12. The van der Waals surface area contributed by atoms with E-state index in [0.29, 0.717) is 6.42 Å². The third-order valence-corrected chi connectivity index (χ3v) is 3.24. The van der Waals surface area contributed by atoms with Gasteiger partial charge in [-0.25, -0.2) is 4.98 Å². The molecule has 0 saturated heterocycles. The number of aliphatic carboxylic acids is 1. The highest BCUT2D eigenvalue weighted by atomic mass is 16.6. The average molecular weight is 291 g/mol. The van der Waals surface area contributed by atoms with E-state index in [0.717, 1.165) is 6.07 Å². The Labute approximate surface area is 118 Å². The van der Waals surface area contributed by atoms with Gasteiger partial charge >= 0.3 is 5.97 Å². The Morgan fingerprint density at radius 2 is 2.24 bits per heavy atom. The molecule has 1 aromatic carbocycles. The third kappa shape index (κ3) is 2.73. The quantitative estimate of drug-likeness (QED) is 0.638. The molecule has 2 aromatic rings. The number of carbonyl (C=O) groups is 1. The molecule has 2 rings (SSSR count). The normalized spacial score (nSPS) is 12.2. The maximum atomic E-state index is 11.7. The van der Waals surface area contributed by atoms with E-state index >= 15 is 0 Å². The Hall–Kier alpha value is -2.77. The Bertz CT molecular complexity index is 768. The predicted octanol–water partition coefficient (Wildman–Crippen LogP) is 1.80. The standard InChI is InChI=1S/C13H13N3O5/c1-2-3-7(13(18)19)8-4-10-9(5-11(8)16(20)21)12(17)15-6-14-10/h4-7H,2-3H2,1H3,(H,18,19)(H,14,15,17). The molecule has 1 heterocycles. The number of nitro groups is 1.